The molecule has 0 unspecified atom stereocenters. The van der Waals surface area contributed by atoms with Crippen molar-refractivity contribution >= 4 is 59.4 Å². The molecule has 0 N–H and O–H groups in total. The molecule has 3 nitrogen and oxygen atoms in total. The molecule has 0 spiro atoms. The number of benzene rings is 3. The molecule has 6 aromatic rings. The fourth-order valence-electron chi connectivity index (χ4n) is 3.96. The highest BCUT2D eigenvalue weighted by Gasteiger charge is 2.15. The van der Waals surface area contributed by atoms with Crippen LogP contribution in [0.15, 0.2) is 54.6 Å². The van der Waals surface area contributed by atoms with E-state index < -0.39 is 0 Å². The first-order chi connectivity index (χ1) is 12.2. The van der Waals surface area contributed by atoms with Crippen molar-refractivity contribution in [2.45, 2.75) is 6.92 Å². The second kappa shape index (κ2) is 4.41. The van der Waals surface area contributed by atoms with Crippen LogP contribution in [0.2, 0.25) is 0 Å². The van der Waals surface area contributed by atoms with E-state index in [1.54, 1.807) is 0 Å². The number of hydrogen-bond donors (Lipinski definition) is 0. The quantitative estimate of drug-likeness (QED) is 0.350. The number of hydrogen-bond acceptors (Lipinski definition) is 2. The number of aryl methyl sites for hydroxylation is 2. The van der Waals surface area contributed by atoms with Crippen molar-refractivity contribution in [1.82, 2.24) is 14.0 Å². The van der Waals surface area contributed by atoms with Crippen molar-refractivity contribution in [2.24, 2.45) is 7.05 Å². The van der Waals surface area contributed by atoms with Crippen molar-refractivity contribution in [1.29, 1.82) is 0 Å². The number of aromatic nitrogens is 3. The van der Waals surface area contributed by atoms with Crippen molar-refractivity contribution < 1.29 is 0 Å². The van der Waals surface area contributed by atoms with E-state index in [1.165, 1.54) is 42.3 Å². The molecule has 0 fully saturated rings. The molecule has 120 valence electrons. The predicted molar refractivity (Wildman–Crippen MR) is 107 cm³/mol. The van der Waals surface area contributed by atoms with E-state index in [2.05, 4.69) is 77.5 Å². The minimum absolute atomic E-state index is 0.995. The van der Waals surface area contributed by atoms with Crippen LogP contribution in [-0.4, -0.2) is 14.0 Å². The standard InChI is InChI=1S/C21H15N3S/c1-12-7-8-19-13(9-12)14-10-15-18(11-20(14)25-19)24-17-6-4-3-5-16(17)23(2)21(24)22-15/h3-11H,1-2H3. The fraction of sp³-hybridized carbons (Fsp3) is 0.0952. The molecule has 0 saturated heterocycles. The summed E-state index contributed by atoms with van der Waals surface area (Å²) in [6.45, 7) is 2.15. The third kappa shape index (κ3) is 1.62. The highest BCUT2D eigenvalue weighted by Crippen LogP contribution is 2.37. The maximum Gasteiger partial charge on any atom is 0.215 e. The zero-order chi connectivity index (χ0) is 16.7. The molecule has 4 heteroatoms. The summed E-state index contributed by atoms with van der Waals surface area (Å²) in [5.41, 5.74) is 5.96. The lowest BCUT2D eigenvalue weighted by Crippen LogP contribution is -1.87. The zero-order valence-corrected chi connectivity index (χ0v) is 14.8. The van der Waals surface area contributed by atoms with Gasteiger partial charge in [-0.1, -0.05) is 23.8 Å². The van der Waals surface area contributed by atoms with Gasteiger partial charge in [0.2, 0.25) is 5.78 Å². The van der Waals surface area contributed by atoms with Crippen LogP contribution in [0, 0.1) is 6.92 Å². The van der Waals surface area contributed by atoms with Crippen LogP contribution in [-0.2, 0) is 7.05 Å². The molecule has 3 aromatic carbocycles. The Hall–Kier alpha value is -2.85. The number of para-hydroxylation sites is 2. The molecule has 3 heterocycles. The molecule has 0 aliphatic rings. The molecule has 0 aliphatic heterocycles. The number of imidazole rings is 2. The second-order valence-electron chi connectivity index (χ2n) is 6.73. The lowest BCUT2D eigenvalue weighted by Gasteiger charge is -1.97. The SMILES string of the molecule is Cc1ccc2sc3cc4c(cc3c2c1)nc1n(C)c2ccccc2n41. The average Bonchev–Trinajstić information content (AvgIpc) is 3.24. The van der Waals surface area contributed by atoms with Gasteiger partial charge in [0.15, 0.2) is 0 Å². The van der Waals surface area contributed by atoms with E-state index in [4.69, 9.17) is 4.98 Å². The molecule has 0 atom stereocenters. The normalized spacial score (nSPS) is 12.4. The fourth-order valence-corrected chi connectivity index (χ4v) is 5.06. The molecule has 3 aromatic heterocycles. The van der Waals surface area contributed by atoms with Gasteiger partial charge < -0.3 is 4.57 Å². The van der Waals surface area contributed by atoms with Crippen LogP contribution in [0.1, 0.15) is 5.56 Å². The van der Waals surface area contributed by atoms with E-state index in [0.29, 0.717) is 0 Å². The van der Waals surface area contributed by atoms with E-state index in [1.807, 2.05) is 11.3 Å². The largest absolute Gasteiger partial charge is 0.313 e. The van der Waals surface area contributed by atoms with E-state index >= 15 is 0 Å². The van der Waals surface area contributed by atoms with Gasteiger partial charge in [-0.2, -0.15) is 0 Å². The van der Waals surface area contributed by atoms with E-state index in [-0.39, 0.29) is 0 Å². The van der Waals surface area contributed by atoms with Gasteiger partial charge in [0.25, 0.3) is 0 Å². The minimum Gasteiger partial charge on any atom is -0.313 e. The van der Waals surface area contributed by atoms with Gasteiger partial charge in [-0.15, -0.1) is 11.3 Å². The van der Waals surface area contributed by atoms with Crippen LogP contribution in [0.5, 0.6) is 0 Å². The predicted octanol–water partition coefficient (Wildman–Crippen LogP) is 5.66. The Kier molecular flexibility index (Phi) is 2.37. The van der Waals surface area contributed by atoms with Crippen LogP contribution in [0.4, 0.5) is 0 Å². The molecule has 0 bridgehead atoms. The molecule has 6 rings (SSSR count). The number of thiophene rings is 1. The van der Waals surface area contributed by atoms with Crippen LogP contribution in [0.3, 0.4) is 0 Å². The highest BCUT2D eigenvalue weighted by atomic mass is 32.1. The van der Waals surface area contributed by atoms with Crippen molar-refractivity contribution in [3.63, 3.8) is 0 Å². The Bertz CT molecular complexity index is 1460. The average molecular weight is 341 g/mol. The molecule has 25 heavy (non-hydrogen) atoms. The van der Waals surface area contributed by atoms with Gasteiger partial charge >= 0.3 is 0 Å². The third-order valence-electron chi connectivity index (χ3n) is 5.17. The molecule has 0 saturated carbocycles. The lowest BCUT2D eigenvalue weighted by atomic mass is 10.1. The maximum absolute atomic E-state index is 4.94. The van der Waals surface area contributed by atoms with Gasteiger partial charge in [-0.3, -0.25) is 4.40 Å². The molecular weight excluding hydrogens is 326 g/mol. The Balaban J connectivity index is 1.85. The van der Waals surface area contributed by atoms with Gasteiger partial charge in [0.1, 0.15) is 0 Å². The summed E-state index contributed by atoms with van der Waals surface area (Å²) >= 11 is 1.86. The summed E-state index contributed by atoms with van der Waals surface area (Å²) in [6.07, 6.45) is 0. The molecule has 0 radical (unpaired) electrons. The number of fused-ring (bicyclic) bond motifs is 8. The first-order valence-corrected chi connectivity index (χ1v) is 9.21. The van der Waals surface area contributed by atoms with Gasteiger partial charge in [-0.25, -0.2) is 4.98 Å². The maximum atomic E-state index is 4.94. The summed E-state index contributed by atoms with van der Waals surface area (Å²) in [5.74, 6) is 0.995. The van der Waals surface area contributed by atoms with Crippen molar-refractivity contribution in [3.8, 4) is 0 Å². The minimum atomic E-state index is 0.995. The third-order valence-corrected chi connectivity index (χ3v) is 6.30. The zero-order valence-electron chi connectivity index (χ0n) is 13.9. The second-order valence-corrected chi connectivity index (χ2v) is 7.82. The van der Waals surface area contributed by atoms with Crippen molar-refractivity contribution in [2.75, 3.05) is 0 Å². The van der Waals surface area contributed by atoms with Crippen molar-refractivity contribution in [3.05, 3.63) is 60.2 Å². The van der Waals surface area contributed by atoms with Gasteiger partial charge in [0, 0.05) is 27.2 Å². The van der Waals surface area contributed by atoms with Crippen LogP contribution >= 0.6 is 11.3 Å². The monoisotopic (exact) mass is 341 g/mol. The smallest absolute Gasteiger partial charge is 0.215 e. The first kappa shape index (κ1) is 13.4. The lowest BCUT2D eigenvalue weighted by molar-refractivity contribution is 0.974. The number of nitrogens with zero attached hydrogens (tertiary/aromatic N) is 3. The molecular formula is C21H15N3S. The van der Waals surface area contributed by atoms with Crippen LogP contribution < -0.4 is 0 Å². The Labute approximate surface area is 147 Å². The topological polar surface area (TPSA) is 22.2 Å². The molecule has 0 aliphatic carbocycles. The van der Waals surface area contributed by atoms with E-state index in [9.17, 15) is 0 Å². The molecule has 0 amide bonds. The first-order valence-electron chi connectivity index (χ1n) is 8.39. The van der Waals surface area contributed by atoms with E-state index in [0.717, 1.165) is 11.3 Å². The Morgan fingerprint density at radius 2 is 1.64 bits per heavy atom. The summed E-state index contributed by atoms with van der Waals surface area (Å²) < 4.78 is 7.11. The Morgan fingerprint density at radius 3 is 2.52 bits per heavy atom. The Morgan fingerprint density at radius 1 is 0.840 bits per heavy atom. The highest BCUT2D eigenvalue weighted by molar-refractivity contribution is 7.25. The van der Waals surface area contributed by atoms with Gasteiger partial charge in [-0.05, 0) is 43.3 Å². The summed E-state index contributed by atoms with van der Waals surface area (Å²) in [4.78, 5) is 4.94. The van der Waals surface area contributed by atoms with Gasteiger partial charge in [0.05, 0.1) is 22.1 Å². The number of rotatable bonds is 0. The summed E-state index contributed by atoms with van der Waals surface area (Å²) in [6, 6.07) is 19.7. The summed E-state index contributed by atoms with van der Waals surface area (Å²) in [7, 11) is 2.09. The van der Waals surface area contributed by atoms with Crippen LogP contribution in [0.25, 0.3) is 48.0 Å². The summed E-state index contributed by atoms with van der Waals surface area (Å²) in [5, 5.41) is 2.65.